The minimum atomic E-state index is -0.454. The van der Waals surface area contributed by atoms with E-state index >= 15 is 0 Å². The topological polar surface area (TPSA) is 56.9 Å². The minimum Gasteiger partial charge on any atom is -0.448 e. The maximum absolute atomic E-state index is 14.0. The number of carbonyl (C=O) groups is 1. The molecule has 142 valence electrons. The van der Waals surface area contributed by atoms with Crippen LogP contribution in [0.25, 0.3) is 11.0 Å². The number of amides is 1. The van der Waals surface area contributed by atoms with Gasteiger partial charge in [0, 0.05) is 49.8 Å². The Morgan fingerprint density at radius 2 is 2.15 bits per heavy atom. The summed E-state index contributed by atoms with van der Waals surface area (Å²) in [4.78, 5) is 17.1. The smallest absolute Gasteiger partial charge is 0.289 e. The van der Waals surface area contributed by atoms with Gasteiger partial charge in [0.2, 0.25) is 0 Å². The van der Waals surface area contributed by atoms with Crippen LogP contribution in [-0.4, -0.2) is 59.6 Å². The van der Waals surface area contributed by atoms with Crippen LogP contribution in [0.3, 0.4) is 0 Å². The lowest BCUT2D eigenvalue weighted by molar-refractivity contribution is 0.0363. The van der Waals surface area contributed by atoms with Gasteiger partial charge in [-0.05, 0) is 25.3 Å². The highest BCUT2D eigenvalue weighted by Crippen LogP contribution is 2.29. The average Bonchev–Trinajstić information content (AvgIpc) is 2.94. The predicted octanol–water partition coefficient (Wildman–Crippen LogP) is 3.05. The Hall–Kier alpha value is -1.92. The van der Waals surface area contributed by atoms with E-state index in [-0.39, 0.29) is 29.9 Å². The molecule has 0 bridgehead atoms. The number of nitrogens with zero attached hydrogens (tertiary/aromatic N) is 2. The SMILES string of the molecule is Cc1c(C(=O)N2CCN(CC(C)C)[C@H](CCO)C2)oc2c(F)cccc12. The van der Waals surface area contributed by atoms with Gasteiger partial charge >= 0.3 is 0 Å². The molecule has 0 aliphatic carbocycles. The summed E-state index contributed by atoms with van der Waals surface area (Å²) in [5, 5.41) is 10.0. The molecule has 26 heavy (non-hydrogen) atoms. The van der Waals surface area contributed by atoms with E-state index in [1.807, 2.05) is 0 Å². The van der Waals surface area contributed by atoms with Crippen LogP contribution in [0.15, 0.2) is 22.6 Å². The molecule has 5 nitrogen and oxygen atoms in total. The van der Waals surface area contributed by atoms with E-state index in [9.17, 15) is 14.3 Å². The number of para-hydroxylation sites is 1. The van der Waals surface area contributed by atoms with E-state index in [0.717, 1.165) is 13.1 Å². The largest absolute Gasteiger partial charge is 0.448 e. The van der Waals surface area contributed by atoms with Gasteiger partial charge in [-0.1, -0.05) is 26.0 Å². The molecule has 1 amide bonds. The summed E-state index contributed by atoms with van der Waals surface area (Å²) in [5.41, 5.74) is 0.812. The van der Waals surface area contributed by atoms with Crippen molar-refractivity contribution < 1.29 is 18.7 Å². The first-order valence-corrected chi connectivity index (χ1v) is 9.24. The van der Waals surface area contributed by atoms with Crippen molar-refractivity contribution in [2.45, 2.75) is 33.2 Å². The summed E-state index contributed by atoms with van der Waals surface area (Å²) >= 11 is 0. The molecule has 1 fully saturated rings. The number of aliphatic hydroxyl groups is 1. The van der Waals surface area contributed by atoms with Gasteiger partial charge in [-0.15, -0.1) is 0 Å². The molecule has 6 heteroatoms. The van der Waals surface area contributed by atoms with E-state index in [1.54, 1.807) is 24.0 Å². The highest BCUT2D eigenvalue weighted by molar-refractivity contribution is 5.99. The van der Waals surface area contributed by atoms with Crippen molar-refractivity contribution in [3.8, 4) is 0 Å². The van der Waals surface area contributed by atoms with Crippen molar-refractivity contribution in [3.63, 3.8) is 0 Å². The van der Waals surface area contributed by atoms with Gasteiger partial charge in [-0.2, -0.15) is 0 Å². The molecule has 1 N–H and O–H groups in total. The number of hydrogen-bond acceptors (Lipinski definition) is 4. The highest BCUT2D eigenvalue weighted by Gasteiger charge is 2.32. The molecule has 1 aliphatic heterocycles. The second-order valence-corrected chi connectivity index (χ2v) is 7.48. The third-order valence-corrected chi connectivity index (χ3v) is 5.06. The van der Waals surface area contributed by atoms with Crippen molar-refractivity contribution in [2.75, 3.05) is 32.8 Å². The van der Waals surface area contributed by atoms with Gasteiger partial charge in [0.05, 0.1) is 0 Å². The lowest BCUT2D eigenvalue weighted by Crippen LogP contribution is -2.55. The number of fused-ring (bicyclic) bond motifs is 1. The Morgan fingerprint density at radius 3 is 2.81 bits per heavy atom. The summed E-state index contributed by atoms with van der Waals surface area (Å²) < 4.78 is 19.6. The van der Waals surface area contributed by atoms with Crippen LogP contribution >= 0.6 is 0 Å². The second-order valence-electron chi connectivity index (χ2n) is 7.48. The van der Waals surface area contributed by atoms with E-state index in [4.69, 9.17) is 4.42 Å². The fourth-order valence-electron chi connectivity index (χ4n) is 3.77. The number of rotatable bonds is 5. The molecule has 3 rings (SSSR count). The summed E-state index contributed by atoms with van der Waals surface area (Å²) in [6, 6.07) is 4.85. The number of aliphatic hydroxyl groups excluding tert-OH is 1. The maximum Gasteiger partial charge on any atom is 0.289 e. The maximum atomic E-state index is 14.0. The fraction of sp³-hybridized carbons (Fsp3) is 0.550. The first-order chi connectivity index (χ1) is 12.4. The predicted molar refractivity (Wildman–Crippen MR) is 98.7 cm³/mol. The van der Waals surface area contributed by atoms with Crippen LogP contribution in [0, 0.1) is 18.7 Å². The molecule has 1 aliphatic rings. The summed E-state index contributed by atoms with van der Waals surface area (Å²) in [6.07, 6.45) is 0.629. The quantitative estimate of drug-likeness (QED) is 0.888. The standard InChI is InChI=1S/C20H27FN2O3/c1-13(2)11-22-8-9-23(12-15(22)7-10-24)20(25)18-14(3)16-5-4-6-17(21)19(16)26-18/h4-6,13,15,24H,7-12H2,1-3H3/t15-/m1/s1. The average molecular weight is 362 g/mol. The fourth-order valence-corrected chi connectivity index (χ4v) is 3.77. The van der Waals surface area contributed by atoms with Crippen LogP contribution in [0.5, 0.6) is 0 Å². The van der Waals surface area contributed by atoms with Crippen LogP contribution in [0.2, 0.25) is 0 Å². The van der Waals surface area contributed by atoms with Gasteiger partial charge in [0.25, 0.3) is 5.91 Å². The molecule has 1 saturated heterocycles. The van der Waals surface area contributed by atoms with Crippen molar-refractivity contribution >= 4 is 16.9 Å². The number of hydrogen-bond donors (Lipinski definition) is 1. The van der Waals surface area contributed by atoms with Gasteiger partial charge in [0.1, 0.15) is 0 Å². The second kappa shape index (κ2) is 7.76. The van der Waals surface area contributed by atoms with Crippen LogP contribution < -0.4 is 0 Å². The van der Waals surface area contributed by atoms with Crippen molar-refractivity contribution in [2.24, 2.45) is 5.92 Å². The van der Waals surface area contributed by atoms with Gasteiger partial charge < -0.3 is 14.4 Å². The minimum absolute atomic E-state index is 0.0934. The Morgan fingerprint density at radius 1 is 1.38 bits per heavy atom. The molecule has 2 heterocycles. The van der Waals surface area contributed by atoms with Crippen molar-refractivity contribution in [1.29, 1.82) is 0 Å². The normalized spacial score (nSPS) is 18.8. The number of aryl methyl sites for hydroxylation is 1. The third-order valence-electron chi connectivity index (χ3n) is 5.06. The van der Waals surface area contributed by atoms with E-state index in [0.29, 0.717) is 36.4 Å². The Kier molecular flexibility index (Phi) is 5.63. The molecular formula is C20H27FN2O3. The number of piperazine rings is 1. The van der Waals surface area contributed by atoms with Crippen molar-refractivity contribution in [3.05, 3.63) is 35.3 Å². The zero-order valence-corrected chi connectivity index (χ0v) is 15.7. The lowest BCUT2D eigenvalue weighted by Gasteiger charge is -2.42. The molecule has 1 aromatic carbocycles. The van der Waals surface area contributed by atoms with E-state index in [1.165, 1.54) is 6.07 Å². The van der Waals surface area contributed by atoms with Crippen LogP contribution in [0.1, 0.15) is 36.4 Å². The summed E-state index contributed by atoms with van der Waals surface area (Å²) in [6.45, 7) is 9.08. The lowest BCUT2D eigenvalue weighted by atomic mass is 10.1. The van der Waals surface area contributed by atoms with Gasteiger partial charge in [-0.25, -0.2) is 4.39 Å². The molecule has 0 spiro atoms. The number of furan rings is 1. The molecule has 0 unspecified atom stereocenters. The Bertz CT molecular complexity index is 787. The van der Waals surface area contributed by atoms with Crippen molar-refractivity contribution in [1.82, 2.24) is 9.80 Å². The third kappa shape index (κ3) is 3.62. The number of halogens is 1. The van der Waals surface area contributed by atoms with Crippen LogP contribution in [-0.2, 0) is 0 Å². The van der Waals surface area contributed by atoms with Gasteiger partial charge in [0.15, 0.2) is 17.2 Å². The highest BCUT2D eigenvalue weighted by atomic mass is 19.1. The zero-order chi connectivity index (χ0) is 18.8. The summed E-state index contributed by atoms with van der Waals surface area (Å²) in [7, 11) is 0. The Balaban J connectivity index is 1.82. The van der Waals surface area contributed by atoms with E-state index < -0.39 is 5.82 Å². The molecule has 1 aromatic heterocycles. The van der Waals surface area contributed by atoms with E-state index in [2.05, 4.69) is 18.7 Å². The first-order valence-electron chi connectivity index (χ1n) is 9.24. The number of carbonyl (C=O) groups excluding carboxylic acids is 1. The molecule has 2 aromatic rings. The Labute approximate surface area is 153 Å². The number of benzene rings is 1. The van der Waals surface area contributed by atoms with Gasteiger partial charge in [-0.3, -0.25) is 9.69 Å². The molecule has 1 atom stereocenters. The molecule has 0 radical (unpaired) electrons. The first kappa shape index (κ1) is 18.9. The van der Waals surface area contributed by atoms with Crippen LogP contribution in [0.4, 0.5) is 4.39 Å². The summed E-state index contributed by atoms with van der Waals surface area (Å²) in [5.74, 6) is 0.0824. The molecular weight excluding hydrogens is 335 g/mol. The zero-order valence-electron chi connectivity index (χ0n) is 15.7. The monoisotopic (exact) mass is 362 g/mol. The molecule has 0 saturated carbocycles.